The molecular weight excluding hydrogens is 218 g/mol. The Labute approximate surface area is 113 Å². The molecule has 96 valence electrons. The summed E-state index contributed by atoms with van der Waals surface area (Å²) in [5.74, 6) is 2.75. The summed E-state index contributed by atoms with van der Waals surface area (Å²) in [5, 5.41) is 0. The fourth-order valence-corrected chi connectivity index (χ4v) is 2.06. The molecule has 0 atom stereocenters. The summed E-state index contributed by atoms with van der Waals surface area (Å²) in [6.45, 7) is 12.6. The first-order valence-corrected chi connectivity index (χ1v) is 6.91. The van der Waals surface area contributed by atoms with Crippen LogP contribution >= 0.6 is 0 Å². The number of hydrogen-bond donors (Lipinski definition) is 0. The topological polar surface area (TPSA) is 17.1 Å². The normalized spacial score (nSPS) is 11.4. The van der Waals surface area contributed by atoms with Crippen molar-refractivity contribution in [1.29, 1.82) is 0 Å². The standard InChI is InChI=1S/C15H24B2O/c1-11(2)9-13-12(7-6-8-16-13)10-17-14(18)15(3,4)5/h6-8,11,17H,9-10H2,1-5H3. The minimum absolute atomic E-state index is 0.215. The van der Waals surface area contributed by atoms with Crippen LogP contribution in [-0.4, -0.2) is 19.9 Å². The molecule has 0 aromatic carbocycles. The molecule has 1 rings (SSSR count). The summed E-state index contributed by atoms with van der Waals surface area (Å²) in [5.41, 5.74) is 2.87. The molecule has 1 aromatic rings. The van der Waals surface area contributed by atoms with Gasteiger partial charge in [-0.3, -0.25) is 0 Å². The zero-order valence-electron chi connectivity index (χ0n) is 12.4. The van der Waals surface area contributed by atoms with Gasteiger partial charge in [-0.2, -0.15) is 0 Å². The quantitative estimate of drug-likeness (QED) is 0.725. The number of hydrogen-bond acceptors (Lipinski definition) is 1. The van der Waals surface area contributed by atoms with Gasteiger partial charge in [0.2, 0.25) is 0 Å². The average molecular weight is 242 g/mol. The van der Waals surface area contributed by atoms with Crippen LogP contribution in [0.2, 0.25) is 0 Å². The van der Waals surface area contributed by atoms with E-state index in [1.54, 1.807) is 0 Å². The first-order valence-electron chi connectivity index (χ1n) is 6.91. The van der Waals surface area contributed by atoms with Crippen molar-refractivity contribution in [3.63, 3.8) is 0 Å². The Hall–Kier alpha value is -0.850. The summed E-state index contributed by atoms with van der Waals surface area (Å²) in [6.07, 6.45) is 1.97. The molecule has 1 heterocycles. The minimum atomic E-state index is -0.215. The van der Waals surface area contributed by atoms with Gasteiger partial charge in [0.1, 0.15) is 0 Å². The van der Waals surface area contributed by atoms with Crippen LogP contribution in [0.25, 0.3) is 0 Å². The Balaban J connectivity index is 2.70. The average Bonchev–Trinajstić information content (AvgIpc) is 2.25. The van der Waals surface area contributed by atoms with Gasteiger partial charge in [-0.05, 0) is 0 Å². The maximum atomic E-state index is 12.0. The van der Waals surface area contributed by atoms with E-state index in [1.165, 1.54) is 11.0 Å². The second kappa shape index (κ2) is 6.36. The predicted molar refractivity (Wildman–Crippen MR) is 81.6 cm³/mol. The molecule has 0 aliphatic heterocycles. The molecule has 0 saturated carbocycles. The van der Waals surface area contributed by atoms with E-state index in [9.17, 15) is 4.79 Å². The van der Waals surface area contributed by atoms with Gasteiger partial charge in [0.05, 0.1) is 0 Å². The van der Waals surface area contributed by atoms with Crippen molar-refractivity contribution in [1.82, 2.24) is 0 Å². The van der Waals surface area contributed by atoms with E-state index < -0.39 is 0 Å². The fourth-order valence-electron chi connectivity index (χ4n) is 2.06. The van der Waals surface area contributed by atoms with E-state index in [0.717, 1.165) is 12.7 Å². The van der Waals surface area contributed by atoms with Crippen molar-refractivity contribution in [3.05, 3.63) is 29.1 Å². The van der Waals surface area contributed by atoms with Crippen LogP contribution in [0.4, 0.5) is 0 Å². The summed E-state index contributed by atoms with van der Waals surface area (Å²) in [7, 11) is 0.651. The second-order valence-corrected chi connectivity index (χ2v) is 6.54. The van der Waals surface area contributed by atoms with Gasteiger partial charge in [0.15, 0.2) is 0 Å². The van der Waals surface area contributed by atoms with E-state index in [2.05, 4.69) is 38.9 Å². The number of carbonyl (C=O) groups excluding carboxylic acids is 1. The van der Waals surface area contributed by atoms with Crippen LogP contribution in [-0.2, 0) is 17.5 Å². The van der Waals surface area contributed by atoms with Crippen LogP contribution in [0.3, 0.4) is 0 Å². The second-order valence-electron chi connectivity index (χ2n) is 6.54. The molecule has 1 nitrogen and oxygen atoms in total. The molecule has 1 aromatic heterocycles. The Morgan fingerprint density at radius 2 is 2.06 bits per heavy atom. The molecule has 0 spiro atoms. The molecule has 0 radical (unpaired) electrons. The number of carbonyl (C=O) groups is 1. The Morgan fingerprint density at radius 1 is 1.39 bits per heavy atom. The first kappa shape index (κ1) is 15.2. The summed E-state index contributed by atoms with van der Waals surface area (Å²) in [4.78, 5) is 12.0. The van der Waals surface area contributed by atoms with Crippen molar-refractivity contribution < 1.29 is 4.79 Å². The number of rotatable bonds is 5. The zero-order chi connectivity index (χ0) is 13.8. The molecule has 0 aliphatic rings. The monoisotopic (exact) mass is 242 g/mol. The summed E-state index contributed by atoms with van der Waals surface area (Å²) in [6, 6.07) is 4.23. The van der Waals surface area contributed by atoms with Crippen LogP contribution in [0.5, 0.6) is 0 Å². The van der Waals surface area contributed by atoms with Crippen molar-refractivity contribution >= 4 is 19.9 Å². The van der Waals surface area contributed by atoms with Crippen molar-refractivity contribution in [2.45, 2.75) is 47.4 Å². The van der Waals surface area contributed by atoms with E-state index in [4.69, 9.17) is 0 Å². The van der Waals surface area contributed by atoms with Gasteiger partial charge in [-0.25, -0.2) is 0 Å². The molecule has 0 aliphatic carbocycles. The molecule has 3 heteroatoms. The zero-order valence-corrected chi connectivity index (χ0v) is 12.4. The molecule has 18 heavy (non-hydrogen) atoms. The van der Waals surface area contributed by atoms with Gasteiger partial charge in [0, 0.05) is 0 Å². The van der Waals surface area contributed by atoms with Crippen molar-refractivity contribution in [3.8, 4) is 0 Å². The van der Waals surface area contributed by atoms with Crippen molar-refractivity contribution in [2.24, 2.45) is 11.3 Å². The Bertz CT molecular complexity index is 405. The van der Waals surface area contributed by atoms with Crippen molar-refractivity contribution in [2.75, 3.05) is 0 Å². The molecule has 0 bridgehead atoms. The van der Waals surface area contributed by atoms with Gasteiger partial charge >= 0.3 is 112 Å². The summed E-state index contributed by atoms with van der Waals surface area (Å²) < 4.78 is 0. The molecule has 0 fully saturated rings. The fraction of sp³-hybridized carbons (Fsp3) is 0.600. The molecular formula is C15H24B2O. The van der Waals surface area contributed by atoms with E-state index in [1.807, 2.05) is 20.8 Å². The Morgan fingerprint density at radius 3 is 2.61 bits per heavy atom. The van der Waals surface area contributed by atoms with E-state index in [-0.39, 0.29) is 5.41 Å². The molecule has 0 saturated heterocycles. The third-order valence-electron chi connectivity index (χ3n) is 3.20. The van der Waals surface area contributed by atoms with Crippen LogP contribution in [0.1, 0.15) is 45.6 Å². The van der Waals surface area contributed by atoms with Crippen LogP contribution < -0.4 is 0 Å². The van der Waals surface area contributed by atoms with Gasteiger partial charge in [0.25, 0.3) is 0 Å². The van der Waals surface area contributed by atoms with E-state index >= 15 is 0 Å². The first-order chi connectivity index (χ1) is 8.30. The third kappa shape index (κ3) is 4.80. The maximum absolute atomic E-state index is 12.0. The molecule has 0 unspecified atom stereocenters. The molecule has 0 amide bonds. The SMILES string of the molecule is CC(C)Cc1bcccc1CBC(=O)C(C)(C)C. The third-order valence-corrected chi connectivity index (χ3v) is 3.20. The van der Waals surface area contributed by atoms with Gasteiger partial charge in [-0.15, -0.1) is 0 Å². The van der Waals surface area contributed by atoms with E-state index in [0.29, 0.717) is 18.9 Å². The summed E-state index contributed by atoms with van der Waals surface area (Å²) >= 11 is 0. The Kier molecular flexibility index (Phi) is 5.37. The van der Waals surface area contributed by atoms with Crippen LogP contribution in [0.15, 0.2) is 18.1 Å². The van der Waals surface area contributed by atoms with Gasteiger partial charge < -0.3 is 0 Å². The van der Waals surface area contributed by atoms with Crippen LogP contribution in [0, 0.1) is 11.3 Å². The molecule has 0 N–H and O–H groups in total. The van der Waals surface area contributed by atoms with Gasteiger partial charge in [-0.1, -0.05) is 0 Å². The predicted octanol–water partition coefficient (Wildman–Crippen LogP) is 2.73.